The molecule has 0 aromatic carbocycles. The van der Waals surface area contributed by atoms with Gasteiger partial charge in [-0.05, 0) is 12.8 Å². The van der Waals surface area contributed by atoms with E-state index in [0.29, 0.717) is 12.8 Å². The normalized spacial score (nSPS) is 13.3. The third-order valence-electron chi connectivity index (χ3n) is 1.81. The van der Waals surface area contributed by atoms with E-state index in [-0.39, 0.29) is 6.54 Å². The highest BCUT2D eigenvalue weighted by atomic mass is 32.3. The van der Waals surface area contributed by atoms with Crippen LogP contribution in [0.4, 0.5) is 0 Å². The van der Waals surface area contributed by atoms with Crippen molar-refractivity contribution < 1.29 is 29.7 Å². The van der Waals surface area contributed by atoms with Crippen LogP contribution in [0.2, 0.25) is 0 Å². The first kappa shape index (κ1) is 14.8. The topological polar surface area (TPSA) is 113 Å². The Labute approximate surface area is 89.9 Å². The summed E-state index contributed by atoms with van der Waals surface area (Å²) < 4.78 is 58.4. The van der Waals surface area contributed by atoms with Gasteiger partial charge in [-0.3, -0.25) is 0 Å². The predicted molar refractivity (Wildman–Crippen MR) is 53.1 cm³/mol. The molecule has 0 fully saturated rings. The van der Waals surface area contributed by atoms with E-state index in [2.05, 4.69) is 0 Å². The third kappa shape index (κ3) is 6.05. The van der Waals surface area contributed by atoms with E-state index in [9.17, 15) is 16.8 Å². The maximum absolute atomic E-state index is 10.6. The lowest BCUT2D eigenvalue weighted by molar-refractivity contribution is -0.632. The molecule has 0 atom stereocenters. The van der Waals surface area contributed by atoms with Gasteiger partial charge in [0.25, 0.3) is 0 Å². The highest BCUT2D eigenvalue weighted by molar-refractivity contribution is 7.91. The molecule has 0 saturated heterocycles. The second kappa shape index (κ2) is 5.75. The summed E-state index contributed by atoms with van der Waals surface area (Å²) in [4.78, 5) is 0. The van der Waals surface area contributed by atoms with Crippen molar-refractivity contribution in [3.8, 4) is 0 Å². The van der Waals surface area contributed by atoms with Gasteiger partial charge in [-0.2, -0.15) is 0 Å². The Balaban J connectivity index is 4.44. The summed E-state index contributed by atoms with van der Waals surface area (Å²) in [5.74, 6) is 0. The summed E-state index contributed by atoms with van der Waals surface area (Å²) in [6.07, 6.45) is 2.69. The summed E-state index contributed by atoms with van der Waals surface area (Å²) in [6, 6.07) is 0. The summed E-state index contributed by atoms with van der Waals surface area (Å²) in [7, 11) is -9.66. The van der Waals surface area contributed by atoms with Crippen LogP contribution in [0.5, 0.6) is 0 Å². The number of quaternary nitrogens is 1. The zero-order valence-electron chi connectivity index (χ0n) is 8.38. The number of rotatable bonds is 7. The van der Waals surface area contributed by atoms with Gasteiger partial charge in [0.15, 0.2) is 0 Å². The fourth-order valence-electron chi connectivity index (χ4n) is 1.09. The van der Waals surface area contributed by atoms with Gasteiger partial charge in [0.1, 0.15) is 6.54 Å². The van der Waals surface area contributed by atoms with Crippen molar-refractivity contribution in [2.45, 2.75) is 32.6 Å². The molecule has 7 nitrogen and oxygen atoms in total. The molecule has 0 saturated carbocycles. The minimum absolute atomic E-state index is 0.294. The lowest BCUT2D eigenvalue weighted by atomic mass is 10.2. The molecular formula is C6H16NO6S2+. The van der Waals surface area contributed by atoms with Gasteiger partial charge in [-0.15, -0.1) is 16.8 Å². The van der Waals surface area contributed by atoms with Crippen LogP contribution in [-0.4, -0.2) is 32.5 Å². The Bertz CT molecular complexity index is 340. The molecule has 0 aliphatic rings. The van der Waals surface area contributed by atoms with Crippen LogP contribution < -0.4 is 3.71 Å². The van der Waals surface area contributed by atoms with Crippen LogP contribution in [0.25, 0.3) is 0 Å². The summed E-state index contributed by atoms with van der Waals surface area (Å²) >= 11 is 0. The molecule has 92 valence electrons. The van der Waals surface area contributed by atoms with Gasteiger partial charge in [0, 0.05) is 0 Å². The molecular weight excluding hydrogens is 246 g/mol. The highest BCUT2D eigenvalue weighted by Gasteiger charge is 2.34. The summed E-state index contributed by atoms with van der Waals surface area (Å²) in [6.45, 7) is 1.58. The van der Waals surface area contributed by atoms with E-state index in [0.717, 1.165) is 12.8 Å². The van der Waals surface area contributed by atoms with Crippen molar-refractivity contribution in [1.82, 2.24) is 0 Å². The van der Waals surface area contributed by atoms with E-state index in [1.54, 1.807) is 0 Å². The standard InChI is InChI=1S/C6H15NO6S2/c1-2-3-4-5-6-7(14(8,9)10)15(11,12)13/h2-6H2,1H3,(H,8,9,10)(H,11,12,13)/p+1. The molecule has 0 aromatic rings. The van der Waals surface area contributed by atoms with Crippen molar-refractivity contribution in [2.24, 2.45) is 0 Å². The maximum Gasteiger partial charge on any atom is 0.448 e. The molecule has 0 aromatic heterocycles. The first-order chi connectivity index (χ1) is 6.69. The number of nitrogens with one attached hydrogen (secondary N) is 1. The van der Waals surface area contributed by atoms with Gasteiger partial charge in [0.05, 0.1) is 0 Å². The fourth-order valence-corrected chi connectivity index (χ4v) is 2.96. The number of hydrogen-bond acceptors (Lipinski definition) is 4. The van der Waals surface area contributed by atoms with E-state index >= 15 is 0 Å². The summed E-state index contributed by atoms with van der Waals surface area (Å²) in [5.41, 5.74) is 0. The van der Waals surface area contributed by atoms with Gasteiger partial charge in [-0.1, -0.05) is 23.5 Å². The molecule has 0 amide bonds. The SMILES string of the molecule is CCCCCC[NH+](S(=O)(=O)O)S(=O)(=O)O. The van der Waals surface area contributed by atoms with Crippen LogP contribution in [0, 0.1) is 0 Å². The molecule has 0 bridgehead atoms. The molecule has 0 aliphatic carbocycles. The lowest BCUT2D eigenvalue weighted by Gasteiger charge is -2.10. The maximum atomic E-state index is 10.6. The zero-order chi connectivity index (χ0) is 12.1. The molecule has 15 heavy (non-hydrogen) atoms. The molecule has 0 unspecified atom stereocenters. The molecule has 0 radical (unpaired) electrons. The van der Waals surface area contributed by atoms with Crippen molar-refractivity contribution in [3.05, 3.63) is 0 Å². The molecule has 0 spiro atoms. The number of hydrogen-bond donors (Lipinski definition) is 3. The second-order valence-electron chi connectivity index (χ2n) is 3.13. The van der Waals surface area contributed by atoms with Crippen molar-refractivity contribution >= 4 is 20.6 Å². The second-order valence-corrected chi connectivity index (χ2v) is 6.28. The Kier molecular flexibility index (Phi) is 5.67. The predicted octanol–water partition coefficient (Wildman–Crippen LogP) is -0.943. The Hall–Kier alpha value is -0.220. The van der Waals surface area contributed by atoms with Crippen molar-refractivity contribution in [3.63, 3.8) is 0 Å². The van der Waals surface area contributed by atoms with E-state index in [4.69, 9.17) is 9.11 Å². The van der Waals surface area contributed by atoms with Crippen LogP contribution in [-0.2, 0) is 20.6 Å². The molecule has 0 aliphatic heterocycles. The van der Waals surface area contributed by atoms with E-state index < -0.39 is 24.3 Å². The third-order valence-corrected chi connectivity index (χ3v) is 4.63. The van der Waals surface area contributed by atoms with Gasteiger partial charge in [0.2, 0.25) is 0 Å². The van der Waals surface area contributed by atoms with Crippen LogP contribution >= 0.6 is 0 Å². The molecule has 0 rings (SSSR count). The highest BCUT2D eigenvalue weighted by Crippen LogP contribution is 1.96. The largest absolute Gasteiger partial charge is 0.448 e. The lowest BCUT2D eigenvalue weighted by Crippen LogP contribution is -3.15. The monoisotopic (exact) mass is 262 g/mol. The van der Waals surface area contributed by atoms with Crippen LogP contribution in [0.1, 0.15) is 32.6 Å². The first-order valence-corrected chi connectivity index (χ1v) is 7.38. The fraction of sp³-hybridized carbons (Fsp3) is 1.00. The van der Waals surface area contributed by atoms with E-state index in [1.807, 2.05) is 6.92 Å². The minimum Gasteiger partial charge on any atom is -0.240 e. The molecule has 9 heteroatoms. The Morgan fingerprint density at radius 2 is 1.40 bits per heavy atom. The average Bonchev–Trinajstić information content (AvgIpc) is 1.99. The van der Waals surface area contributed by atoms with Gasteiger partial charge in [-0.25, -0.2) is 9.11 Å². The quantitative estimate of drug-likeness (QED) is 0.403. The van der Waals surface area contributed by atoms with Crippen molar-refractivity contribution in [1.29, 1.82) is 0 Å². The Morgan fingerprint density at radius 1 is 0.933 bits per heavy atom. The molecule has 3 N–H and O–H groups in total. The Morgan fingerprint density at radius 3 is 1.73 bits per heavy atom. The van der Waals surface area contributed by atoms with Crippen LogP contribution in [0.15, 0.2) is 0 Å². The summed E-state index contributed by atoms with van der Waals surface area (Å²) in [5, 5.41) is 0. The zero-order valence-corrected chi connectivity index (χ0v) is 10.0. The smallest absolute Gasteiger partial charge is 0.240 e. The molecule has 0 heterocycles. The number of unbranched alkanes of at least 4 members (excludes halogenated alkanes) is 3. The van der Waals surface area contributed by atoms with Crippen LogP contribution in [0.3, 0.4) is 0 Å². The van der Waals surface area contributed by atoms with E-state index in [1.165, 1.54) is 0 Å². The van der Waals surface area contributed by atoms with Gasteiger partial charge >= 0.3 is 20.6 Å². The van der Waals surface area contributed by atoms with Gasteiger partial charge < -0.3 is 0 Å². The van der Waals surface area contributed by atoms with Crippen molar-refractivity contribution in [2.75, 3.05) is 6.54 Å². The average molecular weight is 262 g/mol. The minimum atomic E-state index is -4.83. The first-order valence-electron chi connectivity index (χ1n) is 4.50.